The summed E-state index contributed by atoms with van der Waals surface area (Å²) in [6, 6.07) is 8.10. The fourth-order valence-corrected chi connectivity index (χ4v) is 2.72. The van der Waals surface area contributed by atoms with E-state index in [2.05, 4.69) is 35.1 Å². The molecule has 4 heteroatoms. The minimum absolute atomic E-state index is 0.0875. The summed E-state index contributed by atoms with van der Waals surface area (Å²) in [4.78, 5) is 12.0. The largest absolute Gasteiger partial charge is 0.396 e. The van der Waals surface area contributed by atoms with Gasteiger partial charge in [0.25, 0.3) is 0 Å². The summed E-state index contributed by atoms with van der Waals surface area (Å²) >= 11 is 3.42. The van der Waals surface area contributed by atoms with Gasteiger partial charge in [-0.25, -0.2) is 0 Å². The lowest BCUT2D eigenvalue weighted by atomic mass is 9.97. The zero-order valence-corrected chi connectivity index (χ0v) is 14.5. The highest BCUT2D eigenvalue weighted by Crippen LogP contribution is 2.21. The van der Waals surface area contributed by atoms with Crippen molar-refractivity contribution in [1.82, 2.24) is 5.32 Å². The van der Waals surface area contributed by atoms with Gasteiger partial charge < -0.3 is 10.4 Å². The van der Waals surface area contributed by atoms with Gasteiger partial charge in [-0.05, 0) is 42.4 Å². The second kappa shape index (κ2) is 9.96. The van der Waals surface area contributed by atoms with Gasteiger partial charge in [-0.1, -0.05) is 48.3 Å². The van der Waals surface area contributed by atoms with Gasteiger partial charge >= 0.3 is 0 Å². The molecule has 3 nitrogen and oxygen atoms in total. The zero-order valence-electron chi connectivity index (χ0n) is 12.9. The Kier molecular flexibility index (Phi) is 8.62. The monoisotopic (exact) mass is 355 g/mol. The summed E-state index contributed by atoms with van der Waals surface area (Å²) in [5.41, 5.74) is 1.17. The first-order valence-corrected chi connectivity index (χ1v) is 8.49. The molecular weight excluding hydrogens is 330 g/mol. The first-order chi connectivity index (χ1) is 10.1. The van der Waals surface area contributed by atoms with E-state index in [0.717, 1.165) is 23.7 Å². The molecule has 1 aromatic rings. The fraction of sp³-hybridized carbons (Fsp3) is 0.588. The molecule has 0 aromatic heterocycles. The van der Waals surface area contributed by atoms with Crippen molar-refractivity contribution in [2.75, 3.05) is 13.2 Å². The predicted molar refractivity (Wildman–Crippen MR) is 90.3 cm³/mol. The molecule has 0 fully saturated rings. The van der Waals surface area contributed by atoms with Crippen LogP contribution in [0.1, 0.15) is 51.0 Å². The van der Waals surface area contributed by atoms with E-state index in [1.54, 1.807) is 0 Å². The smallest absolute Gasteiger partial charge is 0.220 e. The van der Waals surface area contributed by atoms with Crippen molar-refractivity contribution in [3.05, 3.63) is 34.3 Å². The van der Waals surface area contributed by atoms with Crippen LogP contribution in [0, 0.1) is 5.92 Å². The summed E-state index contributed by atoms with van der Waals surface area (Å²) < 4.78 is 1.05. The first-order valence-electron chi connectivity index (χ1n) is 7.69. The normalized spacial score (nSPS) is 13.7. The number of hydrogen-bond donors (Lipinski definition) is 2. The van der Waals surface area contributed by atoms with Crippen LogP contribution in [0.3, 0.4) is 0 Å². The molecule has 0 aliphatic carbocycles. The summed E-state index contributed by atoms with van der Waals surface area (Å²) in [5, 5.41) is 12.0. The van der Waals surface area contributed by atoms with Gasteiger partial charge in [0.05, 0.1) is 0 Å². The Morgan fingerprint density at radius 1 is 1.29 bits per heavy atom. The van der Waals surface area contributed by atoms with Crippen LogP contribution in [0.15, 0.2) is 28.7 Å². The van der Waals surface area contributed by atoms with E-state index in [4.69, 9.17) is 5.11 Å². The molecule has 1 rings (SSSR count). The number of carbonyl (C=O) groups is 1. The topological polar surface area (TPSA) is 49.3 Å². The van der Waals surface area contributed by atoms with Gasteiger partial charge in [0.1, 0.15) is 0 Å². The highest BCUT2D eigenvalue weighted by atomic mass is 79.9. The Morgan fingerprint density at radius 3 is 2.52 bits per heavy atom. The van der Waals surface area contributed by atoms with E-state index in [1.165, 1.54) is 5.56 Å². The minimum atomic E-state index is 0.0875. The lowest BCUT2D eigenvalue weighted by Crippen LogP contribution is -2.30. The Hall–Kier alpha value is -0.870. The van der Waals surface area contributed by atoms with Gasteiger partial charge in [-0.3, -0.25) is 4.79 Å². The summed E-state index contributed by atoms with van der Waals surface area (Å²) in [6.07, 6.45) is 3.38. The lowest BCUT2D eigenvalue weighted by Gasteiger charge is -2.17. The number of hydrogen-bond acceptors (Lipinski definition) is 2. The molecule has 2 atom stereocenters. The number of carbonyl (C=O) groups excluding carboxylic acids is 1. The third kappa shape index (κ3) is 7.09. The maximum absolute atomic E-state index is 12.0. The molecule has 21 heavy (non-hydrogen) atoms. The average Bonchev–Trinajstić information content (AvgIpc) is 2.46. The number of aliphatic hydroxyl groups is 1. The van der Waals surface area contributed by atoms with Crippen LogP contribution in [0.5, 0.6) is 0 Å². The lowest BCUT2D eigenvalue weighted by molar-refractivity contribution is -0.121. The Morgan fingerprint density at radius 2 is 1.95 bits per heavy atom. The molecule has 0 bridgehead atoms. The molecule has 1 amide bonds. The van der Waals surface area contributed by atoms with Gasteiger partial charge in [0.15, 0.2) is 0 Å². The molecule has 0 saturated carbocycles. The summed E-state index contributed by atoms with van der Waals surface area (Å²) in [6.45, 7) is 5.05. The van der Waals surface area contributed by atoms with Gasteiger partial charge in [-0.15, -0.1) is 0 Å². The molecule has 0 spiro atoms. The van der Waals surface area contributed by atoms with Crippen molar-refractivity contribution in [3.8, 4) is 0 Å². The van der Waals surface area contributed by atoms with E-state index in [-0.39, 0.29) is 18.4 Å². The number of halogens is 1. The third-order valence-corrected chi connectivity index (χ3v) is 4.28. The first kappa shape index (κ1) is 18.2. The Bertz CT molecular complexity index is 413. The summed E-state index contributed by atoms with van der Waals surface area (Å²) in [5.74, 6) is 0.678. The number of amides is 1. The van der Waals surface area contributed by atoms with Crippen molar-refractivity contribution < 1.29 is 9.90 Å². The van der Waals surface area contributed by atoms with Crippen molar-refractivity contribution in [2.24, 2.45) is 5.92 Å². The van der Waals surface area contributed by atoms with Crippen LogP contribution in [0.25, 0.3) is 0 Å². The summed E-state index contributed by atoms with van der Waals surface area (Å²) in [7, 11) is 0. The Labute approximate surface area is 136 Å². The van der Waals surface area contributed by atoms with E-state index < -0.39 is 0 Å². The molecule has 1 aromatic carbocycles. The minimum Gasteiger partial charge on any atom is -0.396 e. The van der Waals surface area contributed by atoms with E-state index in [0.29, 0.717) is 18.9 Å². The van der Waals surface area contributed by atoms with E-state index >= 15 is 0 Å². The van der Waals surface area contributed by atoms with Gasteiger partial charge in [-0.2, -0.15) is 0 Å². The van der Waals surface area contributed by atoms with Crippen molar-refractivity contribution >= 4 is 21.8 Å². The van der Waals surface area contributed by atoms with Crippen molar-refractivity contribution in [2.45, 2.75) is 45.4 Å². The average molecular weight is 356 g/mol. The molecule has 2 unspecified atom stereocenters. The predicted octanol–water partition coefficient (Wildman–Crippen LogP) is 3.86. The van der Waals surface area contributed by atoms with E-state index in [9.17, 15) is 4.79 Å². The molecule has 0 radical (unpaired) electrons. The quantitative estimate of drug-likeness (QED) is 0.706. The molecule has 0 aliphatic heterocycles. The van der Waals surface area contributed by atoms with Crippen LogP contribution < -0.4 is 5.32 Å². The highest BCUT2D eigenvalue weighted by Gasteiger charge is 2.13. The van der Waals surface area contributed by atoms with E-state index in [1.807, 2.05) is 24.3 Å². The highest BCUT2D eigenvalue weighted by molar-refractivity contribution is 9.10. The number of benzene rings is 1. The van der Waals surface area contributed by atoms with Crippen LogP contribution in [-0.4, -0.2) is 24.2 Å². The standard InChI is InChI=1S/C17H26BrNO2/c1-3-4-14(9-10-20)12-19-17(21)11-13(2)15-5-7-16(18)8-6-15/h5-8,13-14,20H,3-4,9-12H2,1-2H3,(H,19,21). The molecular formula is C17H26BrNO2. The van der Waals surface area contributed by atoms with Crippen molar-refractivity contribution in [1.29, 1.82) is 0 Å². The molecule has 2 N–H and O–H groups in total. The second-order valence-corrected chi connectivity index (χ2v) is 6.54. The maximum atomic E-state index is 12.0. The zero-order chi connectivity index (χ0) is 15.7. The molecule has 118 valence electrons. The van der Waals surface area contributed by atoms with Crippen LogP contribution in [-0.2, 0) is 4.79 Å². The molecule has 0 aliphatic rings. The van der Waals surface area contributed by atoms with Gasteiger partial charge in [0.2, 0.25) is 5.91 Å². The van der Waals surface area contributed by atoms with Crippen LogP contribution in [0.4, 0.5) is 0 Å². The Balaban J connectivity index is 2.40. The molecule has 0 heterocycles. The third-order valence-electron chi connectivity index (χ3n) is 3.75. The SMILES string of the molecule is CCCC(CCO)CNC(=O)CC(C)c1ccc(Br)cc1. The number of rotatable bonds is 9. The maximum Gasteiger partial charge on any atom is 0.220 e. The second-order valence-electron chi connectivity index (χ2n) is 5.63. The number of nitrogens with one attached hydrogen (secondary N) is 1. The fourth-order valence-electron chi connectivity index (χ4n) is 2.46. The van der Waals surface area contributed by atoms with Crippen molar-refractivity contribution in [3.63, 3.8) is 0 Å². The molecule has 0 saturated heterocycles. The van der Waals surface area contributed by atoms with Gasteiger partial charge in [0, 0.05) is 24.0 Å². The number of aliphatic hydroxyl groups excluding tert-OH is 1. The van der Waals surface area contributed by atoms with Crippen LogP contribution in [0.2, 0.25) is 0 Å². The van der Waals surface area contributed by atoms with Crippen LogP contribution >= 0.6 is 15.9 Å².